The smallest absolute Gasteiger partial charge is 0.111 e. The average molecular weight is 303 g/mol. The Labute approximate surface area is 129 Å². The number of aryl methyl sites for hydroxylation is 4. The molecule has 110 valence electrons. The van der Waals surface area contributed by atoms with Gasteiger partial charge in [0.25, 0.3) is 0 Å². The quantitative estimate of drug-likeness (QED) is 0.654. The van der Waals surface area contributed by atoms with E-state index in [1.807, 2.05) is 23.1 Å². The second-order valence-corrected chi connectivity index (χ2v) is 5.61. The summed E-state index contributed by atoms with van der Waals surface area (Å²) < 4.78 is 4.26. The van der Waals surface area contributed by atoms with Crippen LogP contribution in [0.25, 0.3) is 11.0 Å². The van der Waals surface area contributed by atoms with E-state index in [0.29, 0.717) is 5.88 Å². The summed E-state index contributed by atoms with van der Waals surface area (Å²) in [6.45, 7) is 3.96. The summed E-state index contributed by atoms with van der Waals surface area (Å²) in [5.74, 6) is 1.67. The Morgan fingerprint density at radius 3 is 2.90 bits per heavy atom. The lowest BCUT2D eigenvalue weighted by Crippen LogP contribution is -2.08. The second kappa shape index (κ2) is 6.31. The number of aromatic nitrogens is 4. The summed E-state index contributed by atoms with van der Waals surface area (Å²) in [6.07, 6.45) is 5.64. The molecule has 2 aromatic heterocycles. The third kappa shape index (κ3) is 3.10. The van der Waals surface area contributed by atoms with Gasteiger partial charge in [0.05, 0.1) is 11.0 Å². The minimum absolute atomic E-state index is 0.599. The van der Waals surface area contributed by atoms with Crippen molar-refractivity contribution in [2.45, 2.75) is 32.9 Å². The van der Waals surface area contributed by atoms with Gasteiger partial charge >= 0.3 is 0 Å². The van der Waals surface area contributed by atoms with Crippen molar-refractivity contribution < 1.29 is 0 Å². The van der Waals surface area contributed by atoms with Gasteiger partial charge in [-0.05, 0) is 37.1 Å². The van der Waals surface area contributed by atoms with Crippen molar-refractivity contribution >= 4 is 22.6 Å². The van der Waals surface area contributed by atoms with Crippen LogP contribution >= 0.6 is 11.6 Å². The lowest BCUT2D eigenvalue weighted by atomic mass is 10.2. The predicted molar refractivity (Wildman–Crippen MR) is 85.7 cm³/mol. The van der Waals surface area contributed by atoms with Crippen LogP contribution in [0.15, 0.2) is 36.7 Å². The van der Waals surface area contributed by atoms with E-state index >= 15 is 0 Å². The lowest BCUT2D eigenvalue weighted by molar-refractivity contribution is 0.524. The minimum atomic E-state index is 0.599. The van der Waals surface area contributed by atoms with E-state index in [9.17, 15) is 0 Å². The molecule has 0 saturated carbocycles. The molecule has 0 amide bonds. The van der Waals surface area contributed by atoms with Crippen LogP contribution in [-0.4, -0.2) is 25.2 Å². The van der Waals surface area contributed by atoms with Crippen LogP contribution in [0.4, 0.5) is 0 Å². The molecule has 3 aromatic rings. The maximum atomic E-state index is 5.91. The van der Waals surface area contributed by atoms with Gasteiger partial charge in [0.1, 0.15) is 5.82 Å². The van der Waals surface area contributed by atoms with Crippen LogP contribution in [0.1, 0.15) is 17.8 Å². The predicted octanol–water partition coefficient (Wildman–Crippen LogP) is 3.41. The normalized spacial score (nSPS) is 11.3. The average Bonchev–Trinajstić information content (AvgIpc) is 3.08. The van der Waals surface area contributed by atoms with Gasteiger partial charge < -0.3 is 4.57 Å². The number of hydrogen-bond donors (Lipinski definition) is 0. The zero-order chi connectivity index (χ0) is 14.7. The van der Waals surface area contributed by atoms with Crippen molar-refractivity contribution in [3.8, 4) is 0 Å². The summed E-state index contributed by atoms with van der Waals surface area (Å²) >= 11 is 5.91. The van der Waals surface area contributed by atoms with Gasteiger partial charge in [-0.3, -0.25) is 4.68 Å². The van der Waals surface area contributed by atoms with Crippen LogP contribution in [0.2, 0.25) is 0 Å². The van der Waals surface area contributed by atoms with Crippen LogP contribution in [-0.2, 0) is 19.5 Å². The highest BCUT2D eigenvalue weighted by molar-refractivity contribution is 6.17. The molecule has 0 aliphatic carbocycles. The van der Waals surface area contributed by atoms with E-state index in [0.717, 1.165) is 37.3 Å². The van der Waals surface area contributed by atoms with Crippen LogP contribution < -0.4 is 0 Å². The fourth-order valence-electron chi connectivity index (χ4n) is 2.63. The number of imidazole rings is 1. The molecule has 0 atom stereocenters. The molecular formula is C16H19ClN4. The Hall–Kier alpha value is -1.81. The molecular weight excluding hydrogens is 284 g/mol. The first kappa shape index (κ1) is 14.1. The summed E-state index contributed by atoms with van der Waals surface area (Å²) in [4.78, 5) is 4.72. The summed E-state index contributed by atoms with van der Waals surface area (Å²) in [5.41, 5.74) is 3.52. The van der Waals surface area contributed by atoms with E-state index < -0.39 is 0 Å². The largest absolute Gasteiger partial charge is 0.328 e. The van der Waals surface area contributed by atoms with Gasteiger partial charge in [0, 0.05) is 37.8 Å². The molecule has 3 rings (SSSR count). The topological polar surface area (TPSA) is 35.6 Å². The first-order valence-corrected chi connectivity index (χ1v) is 7.80. The Morgan fingerprint density at radius 1 is 1.24 bits per heavy atom. The molecule has 5 heteroatoms. The molecule has 0 radical (unpaired) electrons. The zero-order valence-corrected chi connectivity index (χ0v) is 12.9. The molecule has 0 N–H and O–H groups in total. The van der Waals surface area contributed by atoms with Crippen LogP contribution in [0, 0.1) is 6.92 Å². The zero-order valence-electron chi connectivity index (χ0n) is 12.2. The van der Waals surface area contributed by atoms with Crippen molar-refractivity contribution in [3.05, 3.63) is 48.0 Å². The highest BCUT2D eigenvalue weighted by Crippen LogP contribution is 2.19. The van der Waals surface area contributed by atoms with E-state index in [4.69, 9.17) is 16.6 Å². The van der Waals surface area contributed by atoms with E-state index in [2.05, 4.69) is 34.8 Å². The molecule has 0 spiro atoms. The number of rotatable bonds is 6. The fraction of sp³-hybridized carbons (Fsp3) is 0.375. The third-order valence-corrected chi connectivity index (χ3v) is 3.82. The Balaban J connectivity index is 1.83. The number of halogens is 1. The molecule has 0 aliphatic rings. The van der Waals surface area contributed by atoms with Gasteiger partial charge in [-0.2, -0.15) is 5.10 Å². The monoisotopic (exact) mass is 302 g/mol. The highest BCUT2D eigenvalue weighted by atomic mass is 35.5. The van der Waals surface area contributed by atoms with Crippen molar-refractivity contribution in [1.82, 2.24) is 19.3 Å². The Bertz CT molecular complexity index is 715. The number of alkyl halides is 1. The van der Waals surface area contributed by atoms with E-state index in [1.54, 1.807) is 0 Å². The molecule has 1 aromatic carbocycles. The number of hydrogen-bond acceptors (Lipinski definition) is 2. The minimum Gasteiger partial charge on any atom is -0.328 e. The second-order valence-electron chi connectivity index (χ2n) is 5.23. The summed E-state index contributed by atoms with van der Waals surface area (Å²) in [5, 5.41) is 4.24. The first-order valence-electron chi connectivity index (χ1n) is 7.27. The molecule has 21 heavy (non-hydrogen) atoms. The van der Waals surface area contributed by atoms with Gasteiger partial charge in [-0.1, -0.05) is 6.07 Å². The number of fused-ring (bicyclic) bond motifs is 1. The van der Waals surface area contributed by atoms with Crippen molar-refractivity contribution in [2.75, 3.05) is 5.88 Å². The standard InChI is InChI=1S/C16H19ClN4/c1-13-4-5-14-15(12-13)21(16(19-14)6-7-17)11-3-10-20-9-2-8-18-20/h2,4-5,8-9,12H,3,6-7,10-11H2,1H3. The maximum absolute atomic E-state index is 5.91. The third-order valence-electron chi connectivity index (χ3n) is 3.63. The molecule has 4 nitrogen and oxygen atoms in total. The summed E-state index contributed by atoms with van der Waals surface area (Å²) in [7, 11) is 0. The van der Waals surface area contributed by atoms with E-state index in [-0.39, 0.29) is 0 Å². The Kier molecular flexibility index (Phi) is 4.25. The van der Waals surface area contributed by atoms with Gasteiger partial charge in [-0.15, -0.1) is 11.6 Å². The van der Waals surface area contributed by atoms with Gasteiger partial charge in [0.2, 0.25) is 0 Å². The molecule has 0 aliphatic heterocycles. The first-order chi connectivity index (χ1) is 10.3. The van der Waals surface area contributed by atoms with Crippen molar-refractivity contribution in [2.24, 2.45) is 0 Å². The van der Waals surface area contributed by atoms with Crippen LogP contribution in [0.5, 0.6) is 0 Å². The highest BCUT2D eigenvalue weighted by Gasteiger charge is 2.10. The lowest BCUT2D eigenvalue weighted by Gasteiger charge is -2.09. The fourth-order valence-corrected chi connectivity index (χ4v) is 2.80. The molecule has 0 bridgehead atoms. The SMILES string of the molecule is Cc1ccc2nc(CCCl)n(CCCn3cccn3)c2c1. The number of benzene rings is 1. The maximum Gasteiger partial charge on any atom is 0.111 e. The van der Waals surface area contributed by atoms with Gasteiger partial charge in [-0.25, -0.2) is 4.98 Å². The van der Waals surface area contributed by atoms with Crippen molar-refractivity contribution in [1.29, 1.82) is 0 Å². The molecule has 0 saturated heterocycles. The Morgan fingerprint density at radius 2 is 2.14 bits per heavy atom. The van der Waals surface area contributed by atoms with Gasteiger partial charge in [0.15, 0.2) is 0 Å². The molecule has 2 heterocycles. The van der Waals surface area contributed by atoms with Crippen LogP contribution in [0.3, 0.4) is 0 Å². The van der Waals surface area contributed by atoms with E-state index in [1.165, 1.54) is 11.1 Å². The summed E-state index contributed by atoms with van der Waals surface area (Å²) in [6, 6.07) is 8.35. The van der Waals surface area contributed by atoms with Crippen molar-refractivity contribution in [3.63, 3.8) is 0 Å². The molecule has 0 fully saturated rings. The number of nitrogens with zero attached hydrogens (tertiary/aromatic N) is 4. The molecule has 0 unspecified atom stereocenters.